The minimum atomic E-state index is 0.534. The fourth-order valence-corrected chi connectivity index (χ4v) is 1.01. The molecule has 0 saturated heterocycles. The Hall–Kier alpha value is -1.88. The highest BCUT2D eigenvalue weighted by molar-refractivity contribution is 5.56. The van der Waals surface area contributed by atoms with Crippen LogP contribution in [0.25, 0.3) is 11.3 Å². The molecule has 0 spiro atoms. The summed E-state index contributed by atoms with van der Waals surface area (Å²) in [6.45, 7) is 0. The normalized spacial score (nSPS) is 9.92. The fraction of sp³-hybridized carbons (Fsp3) is 0. The Morgan fingerprint density at radius 2 is 2.23 bits per heavy atom. The lowest BCUT2D eigenvalue weighted by atomic mass is 10.2. The molecule has 0 fully saturated rings. The highest BCUT2D eigenvalue weighted by atomic mass is 16.6. The first kappa shape index (κ1) is 7.75. The van der Waals surface area contributed by atoms with Crippen LogP contribution < -0.4 is 10.7 Å². The van der Waals surface area contributed by atoms with Gasteiger partial charge in [0.15, 0.2) is 5.75 Å². The maximum absolute atomic E-state index is 4.96. The SMILES string of the molecule is NOc1ccc(-c2cn[nH]c2)nc1. The molecule has 2 rings (SSSR count). The summed E-state index contributed by atoms with van der Waals surface area (Å²) in [5.74, 6) is 5.49. The number of nitrogens with zero attached hydrogens (tertiary/aromatic N) is 2. The van der Waals surface area contributed by atoms with Crippen LogP contribution in [0.2, 0.25) is 0 Å². The number of rotatable bonds is 2. The third-order valence-corrected chi connectivity index (χ3v) is 1.67. The fourth-order valence-electron chi connectivity index (χ4n) is 1.01. The van der Waals surface area contributed by atoms with E-state index >= 15 is 0 Å². The van der Waals surface area contributed by atoms with Gasteiger partial charge in [-0.2, -0.15) is 11.0 Å². The molecule has 2 aromatic rings. The number of aromatic amines is 1. The number of aromatic nitrogens is 3. The first-order valence-electron chi connectivity index (χ1n) is 3.72. The molecular weight excluding hydrogens is 168 g/mol. The summed E-state index contributed by atoms with van der Waals surface area (Å²) in [6, 6.07) is 3.56. The van der Waals surface area contributed by atoms with Gasteiger partial charge in [0.25, 0.3) is 0 Å². The molecule has 0 bridgehead atoms. The molecule has 0 aliphatic heterocycles. The maximum Gasteiger partial charge on any atom is 0.165 e. The molecule has 2 heterocycles. The van der Waals surface area contributed by atoms with Gasteiger partial charge in [0.1, 0.15) is 0 Å². The second-order valence-corrected chi connectivity index (χ2v) is 2.48. The first-order chi connectivity index (χ1) is 6.40. The standard InChI is InChI=1S/C8H8N4O/c9-13-7-1-2-8(10-5-7)6-3-11-12-4-6/h1-5H,9H2,(H,11,12). The van der Waals surface area contributed by atoms with Crippen LogP contribution in [0.5, 0.6) is 5.75 Å². The van der Waals surface area contributed by atoms with Crippen LogP contribution in [0.15, 0.2) is 30.7 Å². The van der Waals surface area contributed by atoms with E-state index in [0.29, 0.717) is 5.75 Å². The molecule has 5 heteroatoms. The van der Waals surface area contributed by atoms with Crippen molar-refractivity contribution in [3.8, 4) is 17.0 Å². The van der Waals surface area contributed by atoms with Crippen molar-refractivity contribution in [2.75, 3.05) is 0 Å². The van der Waals surface area contributed by atoms with Crippen LogP contribution >= 0.6 is 0 Å². The van der Waals surface area contributed by atoms with Crippen LogP contribution in [0.3, 0.4) is 0 Å². The third-order valence-electron chi connectivity index (χ3n) is 1.67. The molecule has 3 N–H and O–H groups in total. The zero-order valence-corrected chi connectivity index (χ0v) is 6.77. The number of hydrogen-bond donors (Lipinski definition) is 2. The molecule has 0 aliphatic rings. The molecule has 0 aromatic carbocycles. The van der Waals surface area contributed by atoms with E-state index in [0.717, 1.165) is 11.3 Å². The smallest absolute Gasteiger partial charge is 0.165 e. The van der Waals surface area contributed by atoms with Gasteiger partial charge in [-0.05, 0) is 12.1 Å². The van der Waals surface area contributed by atoms with Crippen LogP contribution in [-0.4, -0.2) is 15.2 Å². The van der Waals surface area contributed by atoms with Crippen molar-refractivity contribution in [2.24, 2.45) is 5.90 Å². The second kappa shape index (κ2) is 3.24. The topological polar surface area (TPSA) is 76.8 Å². The molecule has 0 aliphatic carbocycles. The van der Waals surface area contributed by atoms with Gasteiger partial charge < -0.3 is 4.84 Å². The van der Waals surface area contributed by atoms with E-state index in [9.17, 15) is 0 Å². The van der Waals surface area contributed by atoms with Crippen molar-refractivity contribution in [1.29, 1.82) is 0 Å². The van der Waals surface area contributed by atoms with Gasteiger partial charge in [-0.3, -0.25) is 10.1 Å². The molecule has 2 aromatic heterocycles. The lowest BCUT2D eigenvalue weighted by Gasteiger charge is -1.98. The van der Waals surface area contributed by atoms with Crippen molar-refractivity contribution in [1.82, 2.24) is 15.2 Å². The van der Waals surface area contributed by atoms with E-state index in [1.54, 1.807) is 24.7 Å². The summed E-state index contributed by atoms with van der Waals surface area (Å²) in [5, 5.41) is 6.53. The quantitative estimate of drug-likeness (QED) is 0.661. The number of hydrogen-bond acceptors (Lipinski definition) is 4. The Bertz CT molecular complexity index is 368. The van der Waals surface area contributed by atoms with E-state index in [-0.39, 0.29) is 0 Å². The molecule has 0 atom stereocenters. The minimum Gasteiger partial charge on any atom is -0.410 e. The molecule has 0 amide bonds. The number of nitrogens with two attached hydrogens (primary N) is 1. The van der Waals surface area contributed by atoms with Crippen LogP contribution in [-0.2, 0) is 0 Å². The van der Waals surface area contributed by atoms with Crippen molar-refractivity contribution in [3.05, 3.63) is 30.7 Å². The Balaban J connectivity index is 2.33. The highest BCUT2D eigenvalue weighted by Crippen LogP contribution is 2.16. The highest BCUT2D eigenvalue weighted by Gasteiger charge is 1.99. The Morgan fingerprint density at radius 1 is 1.31 bits per heavy atom. The summed E-state index contributed by atoms with van der Waals surface area (Å²) in [7, 11) is 0. The van der Waals surface area contributed by atoms with Crippen molar-refractivity contribution in [2.45, 2.75) is 0 Å². The molecule has 0 saturated carbocycles. The molecule has 5 nitrogen and oxygen atoms in total. The Kier molecular flexibility index (Phi) is 1.93. The van der Waals surface area contributed by atoms with E-state index in [1.165, 1.54) is 0 Å². The maximum atomic E-state index is 4.96. The number of H-pyrrole nitrogens is 1. The molecule has 0 radical (unpaired) electrons. The van der Waals surface area contributed by atoms with Gasteiger partial charge >= 0.3 is 0 Å². The van der Waals surface area contributed by atoms with E-state index in [1.807, 2.05) is 6.07 Å². The van der Waals surface area contributed by atoms with E-state index in [2.05, 4.69) is 20.0 Å². The first-order valence-corrected chi connectivity index (χ1v) is 3.72. The van der Waals surface area contributed by atoms with Crippen molar-refractivity contribution in [3.63, 3.8) is 0 Å². The zero-order chi connectivity index (χ0) is 9.10. The van der Waals surface area contributed by atoms with Gasteiger partial charge in [-0.1, -0.05) is 0 Å². The van der Waals surface area contributed by atoms with Crippen LogP contribution in [0.4, 0.5) is 0 Å². The Labute approximate surface area is 74.5 Å². The van der Waals surface area contributed by atoms with E-state index in [4.69, 9.17) is 5.90 Å². The molecule has 66 valence electrons. The summed E-state index contributed by atoms with van der Waals surface area (Å²) >= 11 is 0. The van der Waals surface area contributed by atoms with Gasteiger partial charge in [-0.25, -0.2) is 0 Å². The predicted octanol–water partition coefficient (Wildman–Crippen LogP) is 0.724. The molecule has 13 heavy (non-hydrogen) atoms. The van der Waals surface area contributed by atoms with Crippen LogP contribution in [0, 0.1) is 0 Å². The van der Waals surface area contributed by atoms with Crippen molar-refractivity contribution >= 4 is 0 Å². The monoisotopic (exact) mass is 176 g/mol. The van der Waals surface area contributed by atoms with Gasteiger partial charge in [0.2, 0.25) is 0 Å². The second-order valence-electron chi connectivity index (χ2n) is 2.48. The van der Waals surface area contributed by atoms with Gasteiger partial charge in [0.05, 0.1) is 18.1 Å². The zero-order valence-electron chi connectivity index (χ0n) is 6.77. The predicted molar refractivity (Wildman–Crippen MR) is 46.6 cm³/mol. The summed E-state index contributed by atoms with van der Waals surface area (Å²) in [4.78, 5) is 8.63. The van der Waals surface area contributed by atoms with Crippen molar-refractivity contribution < 1.29 is 4.84 Å². The van der Waals surface area contributed by atoms with E-state index < -0.39 is 0 Å². The third kappa shape index (κ3) is 1.50. The van der Waals surface area contributed by atoms with Gasteiger partial charge in [0, 0.05) is 11.8 Å². The largest absolute Gasteiger partial charge is 0.410 e. The minimum absolute atomic E-state index is 0.534. The molecule has 0 unspecified atom stereocenters. The summed E-state index contributed by atoms with van der Waals surface area (Å²) in [6.07, 6.45) is 5.03. The van der Waals surface area contributed by atoms with Crippen LogP contribution in [0.1, 0.15) is 0 Å². The average Bonchev–Trinajstić information content (AvgIpc) is 2.71. The molecular formula is C8H8N4O. The summed E-state index contributed by atoms with van der Waals surface area (Å²) < 4.78 is 0. The lowest BCUT2D eigenvalue weighted by molar-refractivity contribution is 0.333. The summed E-state index contributed by atoms with van der Waals surface area (Å²) in [5.41, 5.74) is 1.76. The Morgan fingerprint density at radius 3 is 2.77 bits per heavy atom. The number of pyridine rings is 1. The number of nitrogens with one attached hydrogen (secondary N) is 1. The average molecular weight is 176 g/mol. The lowest BCUT2D eigenvalue weighted by Crippen LogP contribution is -2.01. The van der Waals surface area contributed by atoms with Gasteiger partial charge in [-0.15, -0.1) is 0 Å².